The Morgan fingerprint density at radius 2 is 1.38 bits per heavy atom. The number of fused-ring (bicyclic) bond motifs is 1. The molecule has 0 fully saturated rings. The molecular weight excluding hydrogens is 452 g/mol. The maximum atomic E-state index is 13.4. The third-order valence-electron chi connectivity index (χ3n) is 5.74. The zero-order valence-electron chi connectivity index (χ0n) is 18.7. The summed E-state index contributed by atoms with van der Waals surface area (Å²) in [6.07, 6.45) is 0.757. The topological polar surface area (TPSA) is 91.8 Å². The predicted molar refractivity (Wildman–Crippen MR) is 128 cm³/mol. The number of hydrogen-bond acceptors (Lipinski definition) is 5. The third kappa shape index (κ3) is 4.36. The molecule has 3 aromatic carbocycles. The van der Waals surface area contributed by atoms with E-state index in [0.29, 0.717) is 11.1 Å². The van der Waals surface area contributed by atoms with Gasteiger partial charge in [-0.1, -0.05) is 49.4 Å². The number of amides is 3. The Kier molecular flexibility index (Phi) is 6.61. The molecule has 0 aromatic heterocycles. The highest BCUT2D eigenvalue weighted by molar-refractivity contribution is 7.93. The number of hydrogen-bond donors (Lipinski definition) is 0. The normalized spacial score (nSPS) is 13.1. The summed E-state index contributed by atoms with van der Waals surface area (Å²) in [5.41, 5.74) is 1.93. The fourth-order valence-electron chi connectivity index (χ4n) is 3.91. The maximum absolute atomic E-state index is 13.4. The summed E-state index contributed by atoms with van der Waals surface area (Å²) in [6.45, 7) is 2.00. The lowest BCUT2D eigenvalue weighted by molar-refractivity contribution is -0.117. The molecule has 0 N–H and O–H groups in total. The van der Waals surface area contributed by atoms with Crippen LogP contribution in [0.3, 0.4) is 0 Å². The van der Waals surface area contributed by atoms with Crippen molar-refractivity contribution in [1.82, 2.24) is 4.90 Å². The van der Waals surface area contributed by atoms with E-state index in [0.717, 1.165) is 21.2 Å². The van der Waals surface area contributed by atoms with Crippen LogP contribution >= 0.6 is 0 Å². The van der Waals surface area contributed by atoms with Crippen molar-refractivity contribution >= 4 is 33.4 Å². The molecule has 3 amide bonds. The van der Waals surface area contributed by atoms with E-state index in [1.165, 1.54) is 12.1 Å². The van der Waals surface area contributed by atoms with Gasteiger partial charge in [0, 0.05) is 13.0 Å². The summed E-state index contributed by atoms with van der Waals surface area (Å²) >= 11 is 0. The van der Waals surface area contributed by atoms with Gasteiger partial charge < -0.3 is 0 Å². The molecule has 0 saturated carbocycles. The predicted octanol–water partition coefficient (Wildman–Crippen LogP) is 4.05. The number of rotatable bonds is 8. The lowest BCUT2D eigenvalue weighted by atomic mass is 10.1. The number of benzene rings is 3. The van der Waals surface area contributed by atoms with Crippen molar-refractivity contribution in [1.29, 1.82) is 0 Å². The Hall–Kier alpha value is -3.78. The number of carbonyl (C=O) groups is 3. The monoisotopic (exact) mass is 476 g/mol. The van der Waals surface area contributed by atoms with E-state index >= 15 is 0 Å². The molecule has 0 aliphatic carbocycles. The van der Waals surface area contributed by atoms with E-state index < -0.39 is 27.7 Å². The van der Waals surface area contributed by atoms with Crippen LogP contribution in [0, 0.1) is 0 Å². The minimum Gasteiger partial charge on any atom is -0.274 e. The van der Waals surface area contributed by atoms with Crippen LogP contribution in [0.1, 0.15) is 46.0 Å². The standard InChI is InChI=1S/C26H24N2O5S/c1-2-19-14-16-20(17-15-19)28(34(32,33)21-9-4-3-5-10-21)24(29)13-8-18-27-25(30)22-11-6-7-12-23(22)26(27)31/h3-7,9-12,14-17H,2,8,13,18H2,1H3. The molecule has 0 radical (unpaired) electrons. The highest BCUT2D eigenvalue weighted by Crippen LogP contribution is 2.27. The van der Waals surface area contributed by atoms with E-state index in [-0.39, 0.29) is 30.0 Å². The zero-order chi connectivity index (χ0) is 24.3. The van der Waals surface area contributed by atoms with Gasteiger partial charge in [0.25, 0.3) is 21.8 Å². The number of imide groups is 1. The van der Waals surface area contributed by atoms with Crippen molar-refractivity contribution in [3.63, 3.8) is 0 Å². The smallest absolute Gasteiger partial charge is 0.270 e. The van der Waals surface area contributed by atoms with Gasteiger partial charge in [-0.15, -0.1) is 0 Å². The van der Waals surface area contributed by atoms with Crippen LogP contribution in [0.2, 0.25) is 0 Å². The van der Waals surface area contributed by atoms with E-state index in [9.17, 15) is 22.8 Å². The first kappa shape index (κ1) is 23.4. The van der Waals surface area contributed by atoms with Crippen LogP contribution in [0.25, 0.3) is 0 Å². The molecule has 0 atom stereocenters. The van der Waals surface area contributed by atoms with E-state index in [1.54, 1.807) is 66.7 Å². The molecule has 174 valence electrons. The third-order valence-corrected chi connectivity index (χ3v) is 7.50. The van der Waals surface area contributed by atoms with Crippen molar-refractivity contribution in [2.75, 3.05) is 10.8 Å². The van der Waals surface area contributed by atoms with E-state index in [1.807, 2.05) is 6.92 Å². The molecule has 7 nitrogen and oxygen atoms in total. The molecule has 1 heterocycles. The zero-order valence-corrected chi connectivity index (χ0v) is 19.5. The first-order valence-corrected chi connectivity index (χ1v) is 12.5. The Morgan fingerprint density at radius 3 is 1.94 bits per heavy atom. The number of nitrogens with zero attached hydrogens (tertiary/aromatic N) is 2. The second kappa shape index (κ2) is 9.61. The van der Waals surface area contributed by atoms with Gasteiger partial charge in [-0.05, 0) is 54.8 Å². The van der Waals surface area contributed by atoms with Crippen LogP contribution in [-0.4, -0.2) is 37.6 Å². The van der Waals surface area contributed by atoms with Crippen molar-refractivity contribution in [3.8, 4) is 0 Å². The lowest BCUT2D eigenvalue weighted by Gasteiger charge is -2.23. The SMILES string of the molecule is CCc1ccc(N(C(=O)CCCN2C(=O)c3ccccc3C2=O)S(=O)(=O)c2ccccc2)cc1. The van der Waals surface area contributed by atoms with Crippen LogP contribution in [0.15, 0.2) is 83.8 Å². The minimum absolute atomic E-state index is 0.00302. The highest BCUT2D eigenvalue weighted by Gasteiger charge is 2.35. The summed E-state index contributed by atoms with van der Waals surface area (Å²) in [5, 5.41) is 0. The number of sulfonamides is 1. The van der Waals surface area contributed by atoms with Gasteiger partial charge in [0.05, 0.1) is 21.7 Å². The Balaban J connectivity index is 1.54. The second-order valence-corrected chi connectivity index (χ2v) is 9.69. The van der Waals surface area contributed by atoms with Gasteiger partial charge in [0.1, 0.15) is 0 Å². The molecule has 3 aromatic rings. The molecule has 0 saturated heterocycles. The number of carbonyl (C=O) groups excluding carboxylic acids is 3. The fraction of sp³-hybridized carbons (Fsp3) is 0.192. The van der Waals surface area contributed by atoms with E-state index in [4.69, 9.17) is 0 Å². The first-order valence-electron chi connectivity index (χ1n) is 11.0. The summed E-state index contributed by atoms with van der Waals surface area (Å²) in [5.74, 6) is -1.45. The summed E-state index contributed by atoms with van der Waals surface area (Å²) < 4.78 is 27.6. The van der Waals surface area contributed by atoms with Crippen molar-refractivity contribution in [2.24, 2.45) is 0 Å². The van der Waals surface area contributed by atoms with Gasteiger partial charge in [-0.2, -0.15) is 0 Å². The Morgan fingerprint density at radius 1 is 0.824 bits per heavy atom. The van der Waals surface area contributed by atoms with Gasteiger partial charge in [0.2, 0.25) is 5.91 Å². The molecular formula is C26H24N2O5S. The van der Waals surface area contributed by atoms with Crippen molar-refractivity contribution in [2.45, 2.75) is 31.1 Å². The molecule has 0 unspecified atom stereocenters. The van der Waals surface area contributed by atoms with Gasteiger partial charge in [-0.25, -0.2) is 12.7 Å². The average molecular weight is 477 g/mol. The second-order valence-electron chi connectivity index (χ2n) is 7.91. The number of aryl methyl sites for hydroxylation is 1. The molecule has 0 bridgehead atoms. The van der Waals surface area contributed by atoms with Crippen molar-refractivity contribution < 1.29 is 22.8 Å². The molecule has 1 aliphatic rings. The average Bonchev–Trinajstić information content (AvgIpc) is 3.10. The van der Waals surface area contributed by atoms with Crippen LogP contribution in [-0.2, 0) is 21.2 Å². The quantitative estimate of drug-likeness (QED) is 0.458. The fourth-order valence-corrected chi connectivity index (χ4v) is 5.38. The highest BCUT2D eigenvalue weighted by atomic mass is 32.2. The van der Waals surface area contributed by atoms with E-state index in [2.05, 4.69) is 0 Å². The van der Waals surface area contributed by atoms with Crippen molar-refractivity contribution in [3.05, 3.63) is 95.6 Å². The molecule has 8 heteroatoms. The van der Waals surface area contributed by atoms with Gasteiger partial charge in [-0.3, -0.25) is 19.3 Å². The largest absolute Gasteiger partial charge is 0.274 e. The Labute approximate surface area is 198 Å². The first-order chi connectivity index (χ1) is 16.3. The van der Waals surface area contributed by atoms with Gasteiger partial charge in [0.15, 0.2) is 0 Å². The summed E-state index contributed by atoms with van der Waals surface area (Å²) in [4.78, 5) is 39.4. The van der Waals surface area contributed by atoms with Crippen LogP contribution < -0.4 is 4.31 Å². The van der Waals surface area contributed by atoms with Gasteiger partial charge >= 0.3 is 0 Å². The minimum atomic E-state index is -4.15. The molecule has 4 rings (SSSR count). The molecule has 1 aliphatic heterocycles. The molecule has 0 spiro atoms. The summed E-state index contributed by atoms with van der Waals surface area (Å²) in [7, 11) is -4.15. The Bertz CT molecular complexity index is 1300. The maximum Gasteiger partial charge on any atom is 0.270 e. The van der Waals surface area contributed by atoms with Crippen LogP contribution in [0.4, 0.5) is 5.69 Å². The number of anilines is 1. The van der Waals surface area contributed by atoms with Crippen LogP contribution in [0.5, 0.6) is 0 Å². The lowest BCUT2D eigenvalue weighted by Crippen LogP contribution is -2.38. The summed E-state index contributed by atoms with van der Waals surface area (Å²) in [6, 6.07) is 21.1. The molecule has 34 heavy (non-hydrogen) atoms.